The maximum atomic E-state index is 12.1. The highest BCUT2D eigenvalue weighted by atomic mass is 16.1. The average Bonchev–Trinajstić information content (AvgIpc) is 2.43. The normalized spacial score (nSPS) is 19.9. The zero-order valence-corrected chi connectivity index (χ0v) is 11.4. The molecule has 1 atom stereocenters. The molecular formula is C15H19N3O. The Balaban J connectivity index is 2.18. The molecule has 1 fully saturated rings. The van der Waals surface area contributed by atoms with Crippen molar-refractivity contribution in [1.29, 1.82) is 0 Å². The molecule has 0 radical (unpaired) electrons. The third kappa shape index (κ3) is 2.12. The van der Waals surface area contributed by atoms with Crippen molar-refractivity contribution in [2.45, 2.75) is 13.0 Å². The van der Waals surface area contributed by atoms with Crippen LogP contribution < -0.4 is 15.8 Å². The summed E-state index contributed by atoms with van der Waals surface area (Å²) in [7, 11) is 1.83. The summed E-state index contributed by atoms with van der Waals surface area (Å²) < 4.78 is 1.71. The Morgan fingerprint density at radius 1 is 1.32 bits per heavy atom. The number of piperazine rings is 1. The maximum absolute atomic E-state index is 12.1. The molecule has 3 rings (SSSR count). The van der Waals surface area contributed by atoms with Gasteiger partial charge in [-0.2, -0.15) is 0 Å². The molecule has 1 aliphatic heterocycles. The Morgan fingerprint density at radius 2 is 2.11 bits per heavy atom. The topological polar surface area (TPSA) is 37.3 Å². The predicted molar refractivity (Wildman–Crippen MR) is 78.9 cm³/mol. The lowest BCUT2D eigenvalue weighted by atomic mass is 10.1. The number of hydrogen-bond donors (Lipinski definition) is 1. The van der Waals surface area contributed by atoms with Gasteiger partial charge in [0, 0.05) is 44.2 Å². The van der Waals surface area contributed by atoms with Crippen LogP contribution in [0.4, 0.5) is 5.69 Å². The zero-order chi connectivity index (χ0) is 13.4. The fourth-order valence-corrected chi connectivity index (χ4v) is 2.81. The number of pyridine rings is 1. The molecule has 0 unspecified atom stereocenters. The Bertz CT molecular complexity index is 662. The maximum Gasteiger partial charge on any atom is 0.252 e. The van der Waals surface area contributed by atoms with Crippen LogP contribution in [-0.4, -0.2) is 30.2 Å². The van der Waals surface area contributed by atoms with Gasteiger partial charge >= 0.3 is 0 Å². The minimum absolute atomic E-state index is 0.0554. The number of nitrogens with one attached hydrogen (secondary N) is 1. The molecule has 0 aliphatic carbocycles. The van der Waals surface area contributed by atoms with Crippen LogP contribution in [0.2, 0.25) is 0 Å². The molecular weight excluding hydrogens is 238 g/mol. The van der Waals surface area contributed by atoms with E-state index in [9.17, 15) is 4.79 Å². The first-order chi connectivity index (χ1) is 9.16. The van der Waals surface area contributed by atoms with E-state index in [4.69, 9.17) is 0 Å². The molecule has 4 heteroatoms. The third-order valence-electron chi connectivity index (χ3n) is 3.84. The van der Waals surface area contributed by atoms with Crippen molar-refractivity contribution in [3.63, 3.8) is 0 Å². The Morgan fingerprint density at radius 3 is 2.89 bits per heavy atom. The summed E-state index contributed by atoms with van der Waals surface area (Å²) in [6, 6.07) is 10.3. The summed E-state index contributed by atoms with van der Waals surface area (Å²) in [6.07, 6.45) is 0. The number of nitrogens with zero attached hydrogens (tertiary/aromatic N) is 2. The lowest BCUT2D eigenvalue weighted by Gasteiger charge is -2.34. The van der Waals surface area contributed by atoms with Gasteiger partial charge in [0.15, 0.2) is 0 Å². The highest BCUT2D eigenvalue weighted by Crippen LogP contribution is 2.25. The van der Waals surface area contributed by atoms with Gasteiger partial charge in [-0.3, -0.25) is 4.79 Å². The van der Waals surface area contributed by atoms with Gasteiger partial charge in [0.2, 0.25) is 0 Å². The van der Waals surface area contributed by atoms with Crippen LogP contribution in [0.5, 0.6) is 0 Å². The number of hydrogen-bond acceptors (Lipinski definition) is 3. The monoisotopic (exact) mass is 257 g/mol. The fourth-order valence-electron chi connectivity index (χ4n) is 2.81. The number of anilines is 1. The summed E-state index contributed by atoms with van der Waals surface area (Å²) >= 11 is 0. The van der Waals surface area contributed by atoms with Gasteiger partial charge in [-0.15, -0.1) is 0 Å². The van der Waals surface area contributed by atoms with E-state index in [1.165, 1.54) is 0 Å². The molecule has 0 spiro atoms. The quantitative estimate of drug-likeness (QED) is 0.837. The molecule has 100 valence electrons. The van der Waals surface area contributed by atoms with Crippen molar-refractivity contribution in [3.05, 3.63) is 40.7 Å². The standard InChI is InChI=1S/C15H19N3O/c1-11-10-18(8-7-16-11)14-9-15(19)17(2)13-6-4-3-5-12(13)14/h3-6,9,11,16H,7-8,10H2,1-2H3/t11-/m0/s1. The first kappa shape index (κ1) is 12.2. The smallest absolute Gasteiger partial charge is 0.252 e. The molecule has 1 aliphatic rings. The second-order valence-corrected chi connectivity index (χ2v) is 5.25. The van der Waals surface area contributed by atoms with Gasteiger partial charge in [-0.05, 0) is 13.0 Å². The molecule has 4 nitrogen and oxygen atoms in total. The summed E-state index contributed by atoms with van der Waals surface area (Å²) in [4.78, 5) is 14.4. The van der Waals surface area contributed by atoms with Gasteiger partial charge in [-0.25, -0.2) is 0 Å². The van der Waals surface area contributed by atoms with Crippen molar-refractivity contribution in [1.82, 2.24) is 9.88 Å². The van der Waals surface area contributed by atoms with E-state index < -0.39 is 0 Å². The highest BCUT2D eigenvalue weighted by molar-refractivity contribution is 5.92. The largest absolute Gasteiger partial charge is 0.368 e. The lowest BCUT2D eigenvalue weighted by molar-refractivity contribution is 0.485. The van der Waals surface area contributed by atoms with Crippen LogP contribution in [0.25, 0.3) is 10.9 Å². The van der Waals surface area contributed by atoms with Gasteiger partial charge < -0.3 is 14.8 Å². The van der Waals surface area contributed by atoms with E-state index in [-0.39, 0.29) is 5.56 Å². The molecule has 1 saturated heterocycles. The van der Waals surface area contributed by atoms with E-state index >= 15 is 0 Å². The van der Waals surface area contributed by atoms with Crippen molar-refractivity contribution in [3.8, 4) is 0 Å². The van der Waals surface area contributed by atoms with E-state index in [0.717, 1.165) is 36.2 Å². The molecule has 2 heterocycles. The van der Waals surface area contributed by atoms with E-state index in [1.807, 2.05) is 25.2 Å². The first-order valence-corrected chi connectivity index (χ1v) is 6.74. The minimum Gasteiger partial charge on any atom is -0.368 e. The van der Waals surface area contributed by atoms with Gasteiger partial charge in [0.1, 0.15) is 0 Å². The Hall–Kier alpha value is -1.81. The number of para-hydroxylation sites is 1. The van der Waals surface area contributed by atoms with Crippen LogP contribution in [0.15, 0.2) is 35.1 Å². The Labute approximate surface area is 112 Å². The van der Waals surface area contributed by atoms with Crippen LogP contribution in [0.3, 0.4) is 0 Å². The molecule has 2 aromatic rings. The van der Waals surface area contributed by atoms with E-state index in [1.54, 1.807) is 10.6 Å². The Kier molecular flexibility index (Phi) is 3.03. The van der Waals surface area contributed by atoms with Gasteiger partial charge in [0.05, 0.1) is 11.2 Å². The second-order valence-electron chi connectivity index (χ2n) is 5.25. The summed E-state index contributed by atoms with van der Waals surface area (Å²) in [5.41, 5.74) is 2.11. The number of aromatic nitrogens is 1. The molecule has 0 bridgehead atoms. The highest BCUT2D eigenvalue weighted by Gasteiger charge is 2.18. The van der Waals surface area contributed by atoms with Crippen molar-refractivity contribution in [2.75, 3.05) is 24.5 Å². The van der Waals surface area contributed by atoms with Crippen molar-refractivity contribution in [2.24, 2.45) is 7.05 Å². The van der Waals surface area contributed by atoms with Gasteiger partial charge in [-0.1, -0.05) is 18.2 Å². The van der Waals surface area contributed by atoms with Crippen molar-refractivity contribution >= 4 is 16.6 Å². The van der Waals surface area contributed by atoms with Crippen LogP contribution in [0, 0.1) is 0 Å². The summed E-state index contributed by atoms with van der Waals surface area (Å²) in [5, 5.41) is 4.58. The number of aryl methyl sites for hydroxylation is 1. The average molecular weight is 257 g/mol. The predicted octanol–water partition coefficient (Wildman–Crippen LogP) is 1.34. The fraction of sp³-hybridized carbons (Fsp3) is 0.400. The second kappa shape index (κ2) is 4.70. The molecule has 1 aromatic carbocycles. The molecule has 0 amide bonds. The first-order valence-electron chi connectivity index (χ1n) is 6.74. The number of benzene rings is 1. The molecule has 1 N–H and O–H groups in total. The summed E-state index contributed by atoms with van der Waals surface area (Å²) in [5.74, 6) is 0. The summed E-state index contributed by atoms with van der Waals surface area (Å²) in [6.45, 7) is 5.03. The third-order valence-corrected chi connectivity index (χ3v) is 3.84. The molecule has 19 heavy (non-hydrogen) atoms. The molecule has 1 aromatic heterocycles. The van der Waals surface area contributed by atoms with Gasteiger partial charge in [0.25, 0.3) is 5.56 Å². The minimum atomic E-state index is 0.0554. The van der Waals surface area contributed by atoms with Crippen LogP contribution in [0.1, 0.15) is 6.92 Å². The number of rotatable bonds is 1. The SMILES string of the molecule is C[C@H]1CN(c2cc(=O)n(C)c3ccccc23)CCN1. The lowest BCUT2D eigenvalue weighted by Crippen LogP contribution is -2.49. The van der Waals surface area contributed by atoms with Crippen LogP contribution >= 0.6 is 0 Å². The van der Waals surface area contributed by atoms with E-state index in [2.05, 4.69) is 23.2 Å². The number of fused-ring (bicyclic) bond motifs is 1. The van der Waals surface area contributed by atoms with Crippen molar-refractivity contribution < 1.29 is 0 Å². The van der Waals surface area contributed by atoms with E-state index in [0.29, 0.717) is 6.04 Å². The van der Waals surface area contributed by atoms with Crippen LogP contribution in [-0.2, 0) is 7.05 Å². The molecule has 0 saturated carbocycles. The zero-order valence-electron chi connectivity index (χ0n) is 11.4.